The summed E-state index contributed by atoms with van der Waals surface area (Å²) in [6, 6.07) is 17.6. The number of aromatic nitrogens is 3. The number of fused-ring (bicyclic) bond motifs is 1. The summed E-state index contributed by atoms with van der Waals surface area (Å²) in [5.41, 5.74) is 5.80. The number of hydrogen-bond donors (Lipinski definition) is 1. The van der Waals surface area contributed by atoms with Crippen LogP contribution in [0.4, 0.5) is 0 Å². The lowest BCUT2D eigenvalue weighted by Crippen LogP contribution is -2.21. The zero-order chi connectivity index (χ0) is 18.3. The zero-order valence-electron chi connectivity index (χ0n) is 14.6. The van der Waals surface area contributed by atoms with Gasteiger partial charge >= 0.3 is 0 Å². The van der Waals surface area contributed by atoms with E-state index in [9.17, 15) is 4.79 Å². The van der Waals surface area contributed by atoms with Crippen molar-refractivity contribution in [2.75, 3.05) is 0 Å². The molecule has 4 rings (SSSR count). The molecule has 2 aromatic carbocycles. The molecule has 2 heterocycles. The monoisotopic (exact) mass is 363 g/mol. The summed E-state index contributed by atoms with van der Waals surface area (Å²) in [5, 5.41) is 3.94. The van der Waals surface area contributed by atoms with Gasteiger partial charge in [-0.05, 0) is 31.0 Å². The highest BCUT2D eigenvalue weighted by molar-refractivity contribution is 6.30. The van der Waals surface area contributed by atoms with Gasteiger partial charge in [0.1, 0.15) is 0 Å². The molecule has 4 aromatic rings. The van der Waals surface area contributed by atoms with Gasteiger partial charge in [0.05, 0.1) is 11.3 Å². The Balaban J connectivity index is 2.12. The SMILES string of the molecule is CCc1c(C)nc2c(-c3ccc(Cl)cc3)c(-c3ccccc3)[nH]n2c1=O. The largest absolute Gasteiger partial charge is 0.288 e. The third-order valence-corrected chi connectivity index (χ3v) is 4.88. The summed E-state index contributed by atoms with van der Waals surface area (Å²) in [4.78, 5) is 17.7. The van der Waals surface area contributed by atoms with Gasteiger partial charge in [0.15, 0.2) is 5.65 Å². The van der Waals surface area contributed by atoms with Crippen LogP contribution in [0.5, 0.6) is 0 Å². The number of nitrogens with zero attached hydrogens (tertiary/aromatic N) is 2. The fraction of sp³-hybridized carbons (Fsp3) is 0.143. The van der Waals surface area contributed by atoms with E-state index < -0.39 is 0 Å². The predicted molar refractivity (Wildman–Crippen MR) is 106 cm³/mol. The van der Waals surface area contributed by atoms with Crippen molar-refractivity contribution >= 4 is 17.2 Å². The Kier molecular flexibility index (Phi) is 4.13. The Bertz CT molecular complexity index is 1140. The molecule has 0 fully saturated rings. The van der Waals surface area contributed by atoms with Crippen molar-refractivity contribution < 1.29 is 0 Å². The molecule has 0 spiro atoms. The lowest BCUT2D eigenvalue weighted by Gasteiger charge is -2.05. The molecule has 0 aliphatic rings. The molecule has 0 unspecified atom stereocenters. The maximum atomic E-state index is 12.9. The van der Waals surface area contributed by atoms with Gasteiger partial charge in [-0.1, -0.05) is 61.0 Å². The van der Waals surface area contributed by atoms with Crippen LogP contribution >= 0.6 is 11.6 Å². The summed E-state index contributed by atoms with van der Waals surface area (Å²) >= 11 is 6.06. The van der Waals surface area contributed by atoms with Crippen LogP contribution in [-0.4, -0.2) is 14.6 Å². The molecule has 0 radical (unpaired) electrons. The molecule has 1 N–H and O–H groups in total. The first-order valence-electron chi connectivity index (χ1n) is 8.55. The van der Waals surface area contributed by atoms with Gasteiger partial charge in [-0.3, -0.25) is 9.89 Å². The fourth-order valence-electron chi connectivity index (χ4n) is 3.32. The van der Waals surface area contributed by atoms with Crippen LogP contribution in [0.3, 0.4) is 0 Å². The van der Waals surface area contributed by atoms with E-state index in [4.69, 9.17) is 16.6 Å². The van der Waals surface area contributed by atoms with Gasteiger partial charge in [0.25, 0.3) is 5.56 Å². The minimum Gasteiger partial charge on any atom is -0.288 e. The van der Waals surface area contributed by atoms with Crippen molar-refractivity contribution in [1.82, 2.24) is 14.6 Å². The van der Waals surface area contributed by atoms with Crippen molar-refractivity contribution in [2.24, 2.45) is 0 Å². The summed E-state index contributed by atoms with van der Waals surface area (Å²) in [6.07, 6.45) is 0.649. The van der Waals surface area contributed by atoms with Crippen LogP contribution < -0.4 is 5.56 Å². The van der Waals surface area contributed by atoms with Gasteiger partial charge < -0.3 is 0 Å². The Morgan fingerprint density at radius 3 is 2.38 bits per heavy atom. The Morgan fingerprint density at radius 1 is 1.04 bits per heavy atom. The van der Waals surface area contributed by atoms with Crippen molar-refractivity contribution in [1.29, 1.82) is 0 Å². The Morgan fingerprint density at radius 2 is 1.73 bits per heavy atom. The van der Waals surface area contributed by atoms with Crippen molar-refractivity contribution in [3.63, 3.8) is 0 Å². The predicted octanol–water partition coefficient (Wildman–Crippen LogP) is 4.88. The van der Waals surface area contributed by atoms with Crippen LogP contribution in [0, 0.1) is 6.92 Å². The normalized spacial score (nSPS) is 11.2. The van der Waals surface area contributed by atoms with Crippen molar-refractivity contribution in [2.45, 2.75) is 20.3 Å². The van der Waals surface area contributed by atoms with E-state index in [2.05, 4.69) is 5.10 Å². The number of aryl methyl sites for hydroxylation is 1. The number of nitrogens with one attached hydrogen (secondary N) is 1. The van der Waals surface area contributed by atoms with Gasteiger partial charge in [-0.25, -0.2) is 9.50 Å². The number of benzene rings is 2. The van der Waals surface area contributed by atoms with Gasteiger partial charge in [-0.15, -0.1) is 0 Å². The van der Waals surface area contributed by atoms with E-state index in [-0.39, 0.29) is 5.56 Å². The second kappa shape index (κ2) is 6.46. The van der Waals surface area contributed by atoms with Crippen molar-refractivity contribution in [3.8, 4) is 22.4 Å². The molecule has 4 nitrogen and oxygen atoms in total. The van der Waals surface area contributed by atoms with E-state index in [1.54, 1.807) is 4.52 Å². The van der Waals surface area contributed by atoms with E-state index in [1.807, 2.05) is 68.4 Å². The zero-order valence-corrected chi connectivity index (χ0v) is 15.3. The van der Waals surface area contributed by atoms with Gasteiger partial charge in [-0.2, -0.15) is 0 Å². The van der Waals surface area contributed by atoms with Crippen LogP contribution in [0.2, 0.25) is 5.02 Å². The first-order chi connectivity index (χ1) is 12.6. The number of halogens is 1. The Labute approximate surface area is 156 Å². The molecule has 5 heteroatoms. The number of rotatable bonds is 3. The molecule has 2 aromatic heterocycles. The quantitative estimate of drug-likeness (QED) is 0.564. The number of H-pyrrole nitrogens is 1. The number of hydrogen-bond acceptors (Lipinski definition) is 2. The average Bonchev–Trinajstić information content (AvgIpc) is 3.03. The first kappa shape index (κ1) is 16.6. The summed E-state index contributed by atoms with van der Waals surface area (Å²) in [7, 11) is 0. The maximum absolute atomic E-state index is 12.9. The van der Waals surface area contributed by atoms with E-state index in [0.29, 0.717) is 17.1 Å². The topological polar surface area (TPSA) is 50.2 Å². The summed E-state index contributed by atoms with van der Waals surface area (Å²) < 4.78 is 1.55. The second-order valence-corrected chi connectivity index (χ2v) is 6.66. The van der Waals surface area contributed by atoms with Gasteiger partial charge in [0, 0.05) is 21.8 Å². The summed E-state index contributed by atoms with van der Waals surface area (Å²) in [6.45, 7) is 3.86. The smallest absolute Gasteiger partial charge is 0.276 e. The molecule has 0 bridgehead atoms. The molecule has 0 saturated heterocycles. The highest BCUT2D eigenvalue weighted by Crippen LogP contribution is 2.34. The lowest BCUT2D eigenvalue weighted by atomic mass is 10.0. The highest BCUT2D eigenvalue weighted by atomic mass is 35.5. The molecule has 26 heavy (non-hydrogen) atoms. The number of aromatic amines is 1. The minimum atomic E-state index is -0.0487. The summed E-state index contributed by atoms with van der Waals surface area (Å²) in [5.74, 6) is 0. The van der Waals surface area contributed by atoms with Crippen LogP contribution in [0.1, 0.15) is 18.2 Å². The molecule has 0 atom stereocenters. The lowest BCUT2D eigenvalue weighted by molar-refractivity contribution is 0.856. The average molecular weight is 364 g/mol. The van der Waals surface area contributed by atoms with E-state index >= 15 is 0 Å². The van der Waals surface area contributed by atoms with E-state index in [1.165, 1.54) is 0 Å². The van der Waals surface area contributed by atoms with Crippen LogP contribution in [0.25, 0.3) is 28.0 Å². The third-order valence-electron chi connectivity index (χ3n) is 4.63. The first-order valence-corrected chi connectivity index (χ1v) is 8.93. The highest BCUT2D eigenvalue weighted by Gasteiger charge is 2.19. The fourth-order valence-corrected chi connectivity index (χ4v) is 3.45. The standard InChI is InChI=1S/C21H18ClN3O/c1-3-17-13(2)23-20-18(14-9-11-16(22)12-10-14)19(24-25(20)21(17)26)15-7-5-4-6-8-15/h4-12,24H,3H2,1-2H3. The maximum Gasteiger partial charge on any atom is 0.276 e. The molecule has 130 valence electrons. The van der Waals surface area contributed by atoms with Crippen LogP contribution in [0.15, 0.2) is 59.4 Å². The third kappa shape index (κ3) is 2.63. The van der Waals surface area contributed by atoms with Crippen molar-refractivity contribution in [3.05, 3.63) is 81.2 Å². The van der Waals surface area contributed by atoms with E-state index in [0.717, 1.165) is 33.6 Å². The molecule has 0 aliphatic carbocycles. The Hall–Kier alpha value is -2.85. The van der Waals surface area contributed by atoms with Crippen LogP contribution in [-0.2, 0) is 6.42 Å². The minimum absolute atomic E-state index is 0.0487. The van der Waals surface area contributed by atoms with Gasteiger partial charge in [0.2, 0.25) is 0 Å². The molecule has 0 aliphatic heterocycles. The molecule has 0 saturated carbocycles. The second-order valence-electron chi connectivity index (χ2n) is 6.23. The molecular weight excluding hydrogens is 346 g/mol. The molecular formula is C21H18ClN3O. The molecule has 0 amide bonds.